The zero-order chi connectivity index (χ0) is 17.2. The average Bonchev–Trinajstić information content (AvgIpc) is 3.05. The first kappa shape index (κ1) is 15.1. The number of rotatable bonds is 3. The fourth-order valence-corrected chi connectivity index (χ4v) is 2.86. The highest BCUT2D eigenvalue weighted by molar-refractivity contribution is 6.10. The van der Waals surface area contributed by atoms with Crippen LogP contribution in [0, 0.1) is 0 Å². The van der Waals surface area contributed by atoms with E-state index < -0.39 is 0 Å². The van der Waals surface area contributed by atoms with E-state index in [0.29, 0.717) is 17.1 Å². The van der Waals surface area contributed by atoms with Gasteiger partial charge in [-0.1, -0.05) is 54.6 Å². The van der Waals surface area contributed by atoms with E-state index in [0.717, 1.165) is 16.3 Å². The summed E-state index contributed by atoms with van der Waals surface area (Å²) in [5.74, 6) is 0.321. The monoisotopic (exact) mass is 328 g/mol. The molecular formula is C20H16N4O. The number of nitrogens with one attached hydrogen (secondary N) is 1. The molecule has 2 aromatic heterocycles. The second-order valence-electron chi connectivity index (χ2n) is 5.77. The first-order valence-corrected chi connectivity index (χ1v) is 7.96. The molecule has 2 heterocycles. The number of carbonyl (C=O) groups excluding carboxylic acids is 1. The first-order valence-electron chi connectivity index (χ1n) is 7.96. The lowest BCUT2D eigenvalue weighted by Crippen LogP contribution is -2.13. The van der Waals surface area contributed by atoms with Gasteiger partial charge in [0.25, 0.3) is 5.91 Å². The van der Waals surface area contributed by atoms with Crippen LogP contribution < -0.4 is 5.32 Å². The Balaban J connectivity index is 1.73. The molecule has 0 spiro atoms. The van der Waals surface area contributed by atoms with Crippen molar-refractivity contribution in [3.05, 3.63) is 78.6 Å². The molecule has 0 bridgehead atoms. The van der Waals surface area contributed by atoms with Gasteiger partial charge in [0.1, 0.15) is 11.5 Å². The summed E-state index contributed by atoms with van der Waals surface area (Å²) >= 11 is 0. The van der Waals surface area contributed by atoms with E-state index in [1.165, 1.54) is 0 Å². The molecule has 0 aliphatic rings. The third-order valence-electron chi connectivity index (χ3n) is 4.03. The number of aromatic nitrogens is 3. The molecule has 0 unspecified atom stereocenters. The van der Waals surface area contributed by atoms with Crippen LogP contribution in [-0.2, 0) is 7.05 Å². The predicted molar refractivity (Wildman–Crippen MR) is 98.3 cm³/mol. The average molecular weight is 328 g/mol. The molecule has 4 aromatic rings. The summed E-state index contributed by atoms with van der Waals surface area (Å²) in [5.41, 5.74) is 2.07. The van der Waals surface area contributed by atoms with Gasteiger partial charge in [0.05, 0.1) is 5.56 Å². The molecule has 0 atom stereocenters. The van der Waals surface area contributed by atoms with E-state index in [1.54, 1.807) is 24.1 Å². The van der Waals surface area contributed by atoms with E-state index in [-0.39, 0.29) is 5.91 Å². The second kappa shape index (κ2) is 6.20. The molecule has 2 aromatic carbocycles. The number of benzene rings is 2. The molecule has 1 N–H and O–H groups in total. The van der Waals surface area contributed by atoms with Gasteiger partial charge in [-0.25, -0.2) is 4.98 Å². The maximum atomic E-state index is 12.9. The van der Waals surface area contributed by atoms with Crippen molar-refractivity contribution in [2.45, 2.75) is 0 Å². The summed E-state index contributed by atoms with van der Waals surface area (Å²) in [4.78, 5) is 17.2. The predicted octanol–water partition coefficient (Wildman–Crippen LogP) is 3.89. The minimum atomic E-state index is -0.226. The van der Waals surface area contributed by atoms with Gasteiger partial charge < -0.3 is 5.32 Å². The van der Waals surface area contributed by atoms with Crippen LogP contribution in [0.25, 0.3) is 22.0 Å². The Hall–Kier alpha value is -3.47. The van der Waals surface area contributed by atoms with Crippen LogP contribution in [0.3, 0.4) is 0 Å². The van der Waals surface area contributed by atoms with Gasteiger partial charge in [-0.3, -0.25) is 9.48 Å². The number of nitrogens with zero attached hydrogens (tertiary/aromatic N) is 3. The van der Waals surface area contributed by atoms with E-state index in [4.69, 9.17) is 0 Å². The molecule has 0 fully saturated rings. The molecule has 5 nitrogen and oxygen atoms in total. The zero-order valence-corrected chi connectivity index (χ0v) is 13.7. The molecule has 0 aliphatic carbocycles. The van der Waals surface area contributed by atoms with E-state index >= 15 is 0 Å². The summed E-state index contributed by atoms with van der Waals surface area (Å²) in [6, 6.07) is 19.4. The Labute approximate surface area is 144 Å². The molecule has 0 radical (unpaired) electrons. The van der Waals surface area contributed by atoms with Crippen LogP contribution in [0.5, 0.6) is 0 Å². The summed E-state index contributed by atoms with van der Waals surface area (Å²) in [5, 5.41) is 9.30. The van der Waals surface area contributed by atoms with Crippen LogP contribution in [-0.4, -0.2) is 20.7 Å². The van der Waals surface area contributed by atoms with E-state index in [1.807, 2.05) is 60.7 Å². The van der Waals surface area contributed by atoms with Crippen molar-refractivity contribution in [1.82, 2.24) is 14.8 Å². The lowest BCUT2D eigenvalue weighted by Gasteiger charge is -2.07. The van der Waals surface area contributed by atoms with Crippen LogP contribution in [0.15, 0.2) is 73.1 Å². The minimum Gasteiger partial charge on any atom is -0.306 e. The summed E-state index contributed by atoms with van der Waals surface area (Å²) in [6.45, 7) is 0. The number of carbonyl (C=O) groups is 1. The first-order chi connectivity index (χ1) is 12.2. The highest BCUT2D eigenvalue weighted by Crippen LogP contribution is 2.24. The lowest BCUT2D eigenvalue weighted by atomic mass is 10.1. The molecule has 122 valence electrons. The van der Waals surface area contributed by atoms with E-state index in [9.17, 15) is 4.79 Å². The van der Waals surface area contributed by atoms with Crippen LogP contribution >= 0.6 is 0 Å². The molecule has 0 saturated heterocycles. The SMILES string of the molecule is Cn1cc(C(=O)Nc2nccc3ccccc23)c(-c2ccccc2)n1. The van der Waals surface area contributed by atoms with Crippen molar-refractivity contribution >= 4 is 22.5 Å². The molecule has 4 rings (SSSR count). The standard InChI is InChI=1S/C20H16N4O/c1-24-13-17(18(23-24)15-8-3-2-4-9-15)20(25)22-19-16-10-6-5-7-14(16)11-12-21-19/h2-13H,1H3,(H,21,22,25). The Morgan fingerprint density at radius 1 is 1.00 bits per heavy atom. The fourth-order valence-electron chi connectivity index (χ4n) is 2.86. The number of aryl methyl sites for hydroxylation is 1. The van der Waals surface area contributed by atoms with Gasteiger partial charge in [-0.15, -0.1) is 0 Å². The smallest absolute Gasteiger partial charge is 0.260 e. The zero-order valence-electron chi connectivity index (χ0n) is 13.7. The molecule has 0 saturated carbocycles. The maximum absolute atomic E-state index is 12.9. The lowest BCUT2D eigenvalue weighted by molar-refractivity contribution is 0.102. The number of pyridine rings is 1. The third kappa shape index (κ3) is 2.87. The topological polar surface area (TPSA) is 59.8 Å². The summed E-state index contributed by atoms with van der Waals surface area (Å²) < 4.78 is 1.65. The summed E-state index contributed by atoms with van der Waals surface area (Å²) in [6.07, 6.45) is 3.42. The highest BCUT2D eigenvalue weighted by Gasteiger charge is 2.18. The largest absolute Gasteiger partial charge is 0.306 e. The van der Waals surface area contributed by atoms with Gasteiger partial charge >= 0.3 is 0 Å². The van der Waals surface area contributed by atoms with Crippen LogP contribution in [0.2, 0.25) is 0 Å². The normalized spacial score (nSPS) is 10.8. The number of fused-ring (bicyclic) bond motifs is 1. The maximum Gasteiger partial charge on any atom is 0.260 e. The Morgan fingerprint density at radius 2 is 1.76 bits per heavy atom. The van der Waals surface area contributed by atoms with Crippen LogP contribution in [0.4, 0.5) is 5.82 Å². The summed E-state index contributed by atoms with van der Waals surface area (Å²) in [7, 11) is 1.80. The minimum absolute atomic E-state index is 0.226. The van der Waals surface area contributed by atoms with Gasteiger partial charge in [-0.05, 0) is 11.5 Å². The van der Waals surface area contributed by atoms with Crippen molar-refractivity contribution in [3.63, 3.8) is 0 Å². The van der Waals surface area contributed by atoms with Gasteiger partial charge in [0, 0.05) is 30.4 Å². The van der Waals surface area contributed by atoms with E-state index in [2.05, 4.69) is 15.4 Å². The van der Waals surface area contributed by atoms with Gasteiger partial charge in [0.15, 0.2) is 0 Å². The Bertz CT molecular complexity index is 1050. The third-order valence-corrected chi connectivity index (χ3v) is 4.03. The molecule has 5 heteroatoms. The van der Waals surface area contributed by atoms with Crippen molar-refractivity contribution in [1.29, 1.82) is 0 Å². The second-order valence-corrected chi connectivity index (χ2v) is 5.77. The van der Waals surface area contributed by atoms with Crippen molar-refractivity contribution in [2.75, 3.05) is 5.32 Å². The van der Waals surface area contributed by atoms with Crippen molar-refractivity contribution in [3.8, 4) is 11.3 Å². The Kier molecular flexibility index (Phi) is 3.74. The highest BCUT2D eigenvalue weighted by atomic mass is 16.1. The molecule has 0 aliphatic heterocycles. The Morgan fingerprint density at radius 3 is 2.60 bits per heavy atom. The molecule has 25 heavy (non-hydrogen) atoms. The number of hydrogen-bond donors (Lipinski definition) is 1. The number of anilines is 1. The van der Waals surface area contributed by atoms with Crippen molar-refractivity contribution in [2.24, 2.45) is 7.05 Å². The quantitative estimate of drug-likeness (QED) is 0.621. The van der Waals surface area contributed by atoms with Gasteiger partial charge in [-0.2, -0.15) is 5.10 Å². The molecule has 1 amide bonds. The fraction of sp³-hybridized carbons (Fsp3) is 0.0500. The number of amides is 1. The van der Waals surface area contributed by atoms with Crippen LogP contribution in [0.1, 0.15) is 10.4 Å². The number of hydrogen-bond acceptors (Lipinski definition) is 3. The van der Waals surface area contributed by atoms with Gasteiger partial charge in [0.2, 0.25) is 0 Å². The molecular weight excluding hydrogens is 312 g/mol. The van der Waals surface area contributed by atoms with Crippen molar-refractivity contribution < 1.29 is 4.79 Å².